The number of ether oxygens (including phenoxy) is 2. The fourth-order valence-electron chi connectivity index (χ4n) is 2.18. The van der Waals surface area contributed by atoms with E-state index < -0.39 is 10.1 Å². The molecule has 0 fully saturated rings. The molecule has 0 rings (SSSR count). The monoisotopic (exact) mass is 338 g/mol. The van der Waals surface area contributed by atoms with E-state index in [0.717, 1.165) is 13.0 Å². The zero-order valence-electron chi connectivity index (χ0n) is 14.1. The summed E-state index contributed by atoms with van der Waals surface area (Å²) in [5.41, 5.74) is 0. The van der Waals surface area contributed by atoms with Gasteiger partial charge in [-0.3, -0.25) is 4.55 Å². The third-order valence-corrected chi connectivity index (χ3v) is 4.18. The Bertz CT molecular complexity index is 316. The molecule has 5 nitrogen and oxygen atoms in total. The molecule has 0 aliphatic heterocycles. The molecule has 134 valence electrons. The number of hydrogen-bond donors (Lipinski definition) is 1. The third-order valence-electron chi connectivity index (χ3n) is 3.50. The number of rotatable bonds is 17. The first-order valence-electron chi connectivity index (χ1n) is 8.67. The van der Waals surface area contributed by atoms with Gasteiger partial charge in [0.15, 0.2) is 0 Å². The standard InChI is InChI=1S/C16H34O5S/c1-2-3-4-5-6-7-8-9-10-11-12-20-13-14-21-15-16-22(17,18)19/h2-16H2,1H3,(H,17,18,19). The van der Waals surface area contributed by atoms with Crippen molar-refractivity contribution in [3.8, 4) is 0 Å². The molecule has 0 aromatic rings. The van der Waals surface area contributed by atoms with Gasteiger partial charge in [0.25, 0.3) is 10.1 Å². The summed E-state index contributed by atoms with van der Waals surface area (Å²) in [6.07, 6.45) is 13.1. The van der Waals surface area contributed by atoms with Crippen LogP contribution in [0, 0.1) is 0 Å². The Balaban J connectivity index is 3.03. The smallest absolute Gasteiger partial charge is 0.267 e. The van der Waals surface area contributed by atoms with Crippen molar-refractivity contribution < 1.29 is 22.4 Å². The first kappa shape index (κ1) is 21.8. The Morgan fingerprint density at radius 2 is 1.14 bits per heavy atom. The second kappa shape index (κ2) is 15.7. The number of hydrogen-bond acceptors (Lipinski definition) is 4. The van der Waals surface area contributed by atoms with Crippen LogP contribution in [0.15, 0.2) is 0 Å². The van der Waals surface area contributed by atoms with Crippen LogP contribution < -0.4 is 0 Å². The summed E-state index contributed by atoms with van der Waals surface area (Å²) in [7, 11) is -3.91. The van der Waals surface area contributed by atoms with E-state index in [9.17, 15) is 8.42 Å². The average molecular weight is 339 g/mol. The van der Waals surface area contributed by atoms with Gasteiger partial charge in [-0.15, -0.1) is 0 Å². The highest BCUT2D eigenvalue weighted by Gasteiger charge is 2.03. The van der Waals surface area contributed by atoms with E-state index in [-0.39, 0.29) is 12.4 Å². The van der Waals surface area contributed by atoms with Crippen LogP contribution in [-0.2, 0) is 19.6 Å². The van der Waals surface area contributed by atoms with Crippen LogP contribution in [-0.4, -0.2) is 45.2 Å². The fourth-order valence-corrected chi connectivity index (χ4v) is 2.51. The molecule has 0 atom stereocenters. The Morgan fingerprint density at radius 1 is 0.682 bits per heavy atom. The lowest BCUT2D eigenvalue weighted by Gasteiger charge is -2.05. The molecule has 0 bridgehead atoms. The molecule has 0 saturated heterocycles. The predicted octanol–water partition coefficient (Wildman–Crippen LogP) is 3.83. The highest BCUT2D eigenvalue weighted by atomic mass is 32.2. The normalized spacial score (nSPS) is 11.9. The highest BCUT2D eigenvalue weighted by Crippen LogP contribution is 2.10. The molecule has 0 aliphatic rings. The summed E-state index contributed by atoms with van der Waals surface area (Å²) in [4.78, 5) is 0. The summed E-state index contributed by atoms with van der Waals surface area (Å²) in [6.45, 7) is 3.84. The van der Waals surface area contributed by atoms with Crippen molar-refractivity contribution in [3.05, 3.63) is 0 Å². The van der Waals surface area contributed by atoms with Crippen LogP contribution in [0.4, 0.5) is 0 Å². The second-order valence-corrected chi connectivity index (χ2v) is 7.26. The van der Waals surface area contributed by atoms with Gasteiger partial charge in [-0.25, -0.2) is 0 Å². The van der Waals surface area contributed by atoms with Crippen molar-refractivity contribution >= 4 is 10.1 Å². The van der Waals surface area contributed by atoms with Crippen molar-refractivity contribution in [2.24, 2.45) is 0 Å². The molecule has 1 N–H and O–H groups in total. The van der Waals surface area contributed by atoms with Crippen LogP contribution in [0.1, 0.15) is 71.1 Å². The van der Waals surface area contributed by atoms with Crippen molar-refractivity contribution in [1.29, 1.82) is 0 Å². The van der Waals surface area contributed by atoms with Crippen molar-refractivity contribution in [2.45, 2.75) is 71.1 Å². The van der Waals surface area contributed by atoms with Crippen LogP contribution in [0.2, 0.25) is 0 Å². The zero-order chi connectivity index (χ0) is 16.5. The van der Waals surface area contributed by atoms with Gasteiger partial charge in [0.1, 0.15) is 0 Å². The molecular formula is C16H34O5S. The van der Waals surface area contributed by atoms with Crippen molar-refractivity contribution in [3.63, 3.8) is 0 Å². The lowest BCUT2D eigenvalue weighted by atomic mass is 10.1. The van der Waals surface area contributed by atoms with Gasteiger partial charge in [-0.1, -0.05) is 64.7 Å². The Labute approximate surface area is 136 Å². The van der Waals surface area contributed by atoms with Crippen LogP contribution in [0.5, 0.6) is 0 Å². The van der Waals surface area contributed by atoms with Gasteiger partial charge in [-0.2, -0.15) is 8.42 Å². The summed E-state index contributed by atoms with van der Waals surface area (Å²) in [6, 6.07) is 0. The van der Waals surface area contributed by atoms with E-state index in [1.165, 1.54) is 57.8 Å². The van der Waals surface area contributed by atoms with Crippen molar-refractivity contribution in [2.75, 3.05) is 32.2 Å². The topological polar surface area (TPSA) is 72.8 Å². The van der Waals surface area contributed by atoms with E-state index in [1.54, 1.807) is 0 Å². The van der Waals surface area contributed by atoms with Crippen LogP contribution in [0.25, 0.3) is 0 Å². The summed E-state index contributed by atoms with van der Waals surface area (Å²) in [5.74, 6) is -0.356. The van der Waals surface area contributed by atoms with E-state index in [0.29, 0.717) is 13.2 Å². The molecule has 0 aromatic carbocycles. The van der Waals surface area contributed by atoms with E-state index >= 15 is 0 Å². The molecular weight excluding hydrogens is 304 g/mol. The molecule has 22 heavy (non-hydrogen) atoms. The van der Waals surface area contributed by atoms with E-state index in [2.05, 4.69) is 6.92 Å². The minimum absolute atomic E-state index is 0.0143. The summed E-state index contributed by atoms with van der Waals surface area (Å²) >= 11 is 0. The Morgan fingerprint density at radius 3 is 1.64 bits per heavy atom. The van der Waals surface area contributed by atoms with E-state index in [4.69, 9.17) is 14.0 Å². The van der Waals surface area contributed by atoms with Crippen LogP contribution in [0.3, 0.4) is 0 Å². The van der Waals surface area contributed by atoms with Gasteiger partial charge >= 0.3 is 0 Å². The lowest BCUT2D eigenvalue weighted by Crippen LogP contribution is -2.13. The molecule has 0 radical (unpaired) electrons. The highest BCUT2D eigenvalue weighted by molar-refractivity contribution is 7.85. The van der Waals surface area contributed by atoms with Gasteiger partial charge < -0.3 is 9.47 Å². The SMILES string of the molecule is CCCCCCCCCCCCOCCOCCS(=O)(=O)O. The maximum atomic E-state index is 10.4. The maximum absolute atomic E-state index is 10.4. The molecule has 0 unspecified atom stereocenters. The summed E-state index contributed by atoms with van der Waals surface area (Å²) in [5, 5.41) is 0. The van der Waals surface area contributed by atoms with Gasteiger partial charge in [0.05, 0.1) is 25.6 Å². The van der Waals surface area contributed by atoms with E-state index in [1.807, 2.05) is 0 Å². The quantitative estimate of drug-likeness (QED) is 0.322. The molecule has 0 heterocycles. The molecule has 6 heteroatoms. The minimum Gasteiger partial charge on any atom is -0.379 e. The molecule has 0 spiro atoms. The summed E-state index contributed by atoms with van der Waals surface area (Å²) < 4.78 is 39.8. The van der Waals surface area contributed by atoms with Gasteiger partial charge in [0.2, 0.25) is 0 Å². The lowest BCUT2D eigenvalue weighted by molar-refractivity contribution is 0.0516. The minimum atomic E-state index is -3.91. The average Bonchev–Trinajstić information content (AvgIpc) is 2.45. The van der Waals surface area contributed by atoms with Gasteiger partial charge in [-0.05, 0) is 6.42 Å². The fraction of sp³-hybridized carbons (Fsp3) is 1.00. The molecule has 0 aromatic heterocycles. The predicted molar refractivity (Wildman–Crippen MR) is 89.9 cm³/mol. The van der Waals surface area contributed by atoms with Gasteiger partial charge in [0, 0.05) is 6.61 Å². The first-order valence-corrected chi connectivity index (χ1v) is 10.3. The maximum Gasteiger partial charge on any atom is 0.267 e. The molecule has 0 aliphatic carbocycles. The van der Waals surface area contributed by atoms with Crippen LogP contribution >= 0.6 is 0 Å². The first-order chi connectivity index (χ1) is 10.6. The van der Waals surface area contributed by atoms with Crippen molar-refractivity contribution in [1.82, 2.24) is 0 Å². The third kappa shape index (κ3) is 19.8. The number of unbranched alkanes of at least 4 members (excludes halogenated alkanes) is 9. The Kier molecular flexibility index (Phi) is 15.6. The molecule has 0 saturated carbocycles. The molecule has 0 amide bonds. The second-order valence-electron chi connectivity index (χ2n) is 5.69. The Hall–Kier alpha value is -0.170. The zero-order valence-corrected chi connectivity index (χ0v) is 14.9. The largest absolute Gasteiger partial charge is 0.379 e.